The molecule has 1 aromatic carbocycles. The van der Waals surface area contributed by atoms with Gasteiger partial charge in [0.2, 0.25) is 0 Å². The summed E-state index contributed by atoms with van der Waals surface area (Å²) >= 11 is -0.299. The van der Waals surface area contributed by atoms with Crippen molar-refractivity contribution in [3.63, 3.8) is 0 Å². The van der Waals surface area contributed by atoms with Crippen LogP contribution in [0.1, 0.15) is 22.2 Å². The quantitative estimate of drug-likeness (QED) is 0.412. The molecule has 6 heteroatoms. The number of nitrogens with one attached hydrogen (secondary N) is 1. The number of esters is 1. The first-order valence-corrected chi connectivity index (χ1v) is 18.8. The van der Waals surface area contributed by atoms with Gasteiger partial charge in [0.1, 0.15) is 0 Å². The normalized spacial score (nSPS) is 12.0. The van der Waals surface area contributed by atoms with Crippen LogP contribution in [0.5, 0.6) is 0 Å². The van der Waals surface area contributed by atoms with Crippen LogP contribution in [-0.4, -0.2) is 37.4 Å². The maximum atomic E-state index is 12.3. The van der Waals surface area contributed by atoms with E-state index in [2.05, 4.69) is 32.3 Å². The topological polar surface area (TPSA) is 55.4 Å². The number of para-hydroxylation sites is 1. The van der Waals surface area contributed by atoms with Crippen molar-refractivity contribution >= 4 is 55.7 Å². The number of hydrogen-bond donors (Lipinski definition) is 1. The molecule has 0 aliphatic rings. The summed E-state index contributed by atoms with van der Waals surface area (Å²) in [7, 11) is 1.32. The molecular weight excluding hydrogens is 441 g/mol. The van der Waals surface area contributed by atoms with Crippen molar-refractivity contribution in [2.45, 2.75) is 21.7 Å². The van der Waals surface area contributed by atoms with Gasteiger partial charge in [0.05, 0.1) is 0 Å². The molecule has 1 amide bonds. The number of ether oxygens (including phenoxy) is 1. The van der Waals surface area contributed by atoms with Gasteiger partial charge in [0, 0.05) is 0 Å². The molecule has 1 aromatic heterocycles. The van der Waals surface area contributed by atoms with Gasteiger partial charge in [-0.25, -0.2) is 0 Å². The first kappa shape index (κ1) is 19.7. The van der Waals surface area contributed by atoms with Gasteiger partial charge in [-0.3, -0.25) is 0 Å². The Kier molecular flexibility index (Phi) is 6.46. The molecule has 0 aliphatic heterocycles. The molecule has 0 radical (unpaired) electrons. The summed E-state index contributed by atoms with van der Waals surface area (Å²) in [6.07, 6.45) is 1.57. The van der Waals surface area contributed by atoms with Gasteiger partial charge in [0.25, 0.3) is 0 Å². The van der Waals surface area contributed by atoms with Crippen molar-refractivity contribution in [2.75, 3.05) is 12.4 Å². The van der Waals surface area contributed by atoms with Crippen LogP contribution in [0.3, 0.4) is 0 Å². The third kappa shape index (κ3) is 5.18. The van der Waals surface area contributed by atoms with Gasteiger partial charge >= 0.3 is 157 Å². The molecule has 25 heavy (non-hydrogen) atoms. The number of methoxy groups -OCH3 is 1. The fourth-order valence-corrected chi connectivity index (χ4v) is 8.53. The monoisotopic (exact) mass is 465 g/mol. The van der Waals surface area contributed by atoms with E-state index in [0.717, 1.165) is 10.5 Å². The van der Waals surface area contributed by atoms with Crippen molar-refractivity contribution in [3.8, 4) is 0 Å². The summed E-state index contributed by atoms with van der Waals surface area (Å²) < 4.78 is 6.23. The van der Waals surface area contributed by atoms with E-state index >= 15 is 0 Å². The number of thiophene rings is 1. The van der Waals surface area contributed by atoms with Crippen LogP contribution in [0.2, 0.25) is 14.8 Å². The second-order valence-electron chi connectivity index (χ2n) is 6.77. The minimum atomic E-state index is -2.08. The maximum absolute atomic E-state index is 12.3. The van der Waals surface area contributed by atoms with E-state index in [1.165, 1.54) is 10.0 Å². The van der Waals surface area contributed by atoms with Gasteiger partial charge in [-0.2, -0.15) is 0 Å². The molecule has 0 spiro atoms. The molecule has 0 atom stereocenters. The average Bonchev–Trinajstić information content (AvgIpc) is 3.05. The van der Waals surface area contributed by atoms with Gasteiger partial charge in [-0.05, 0) is 0 Å². The molecule has 2 aromatic rings. The first-order valence-electron chi connectivity index (χ1n) is 7.99. The van der Waals surface area contributed by atoms with Crippen LogP contribution in [0.4, 0.5) is 5.69 Å². The molecule has 2 rings (SSSR count). The predicted molar refractivity (Wildman–Crippen MR) is 107 cm³/mol. The Balaban J connectivity index is 2.18. The summed E-state index contributed by atoms with van der Waals surface area (Å²) in [4.78, 5) is 32.3. The van der Waals surface area contributed by atoms with Crippen LogP contribution in [0.15, 0.2) is 42.5 Å². The summed E-state index contributed by atoms with van der Waals surface area (Å²) in [5, 5.41) is 2.77. The number of carbonyl (C=O) groups excluding carboxylic acids is 2. The number of rotatable bonds is 5. The number of hydrogen-bond acceptors (Lipinski definition) is 4. The molecule has 0 fully saturated rings. The van der Waals surface area contributed by atoms with Gasteiger partial charge in [0.15, 0.2) is 0 Å². The Labute approximate surface area is 156 Å². The molecule has 0 saturated heterocycles. The first-order chi connectivity index (χ1) is 11.7. The molecule has 0 unspecified atom stereocenters. The second kappa shape index (κ2) is 8.19. The van der Waals surface area contributed by atoms with Gasteiger partial charge in [-0.1, -0.05) is 0 Å². The Bertz CT molecular complexity index is 818. The zero-order valence-corrected chi connectivity index (χ0v) is 18.8. The van der Waals surface area contributed by atoms with Crippen molar-refractivity contribution < 1.29 is 14.3 Å². The van der Waals surface area contributed by atoms with E-state index in [1.54, 1.807) is 41.7 Å². The number of benzene rings is 1. The third-order valence-corrected chi connectivity index (χ3v) is 14.4. The standard InChI is InChI=1S/C16H14NO3S.3CH3.Sn/c1-11(14-8-5-9-21-14)10-15(18)17-13-7-4-3-6-12(13)16(19)20-2;;;;/h3-8,10H,1-2H3,(H,17,18);3*1H3;/b11-10+;;;;. The third-order valence-electron chi connectivity index (χ3n) is 3.67. The van der Waals surface area contributed by atoms with Crippen molar-refractivity contribution in [2.24, 2.45) is 0 Å². The molecule has 0 aliphatic carbocycles. The van der Waals surface area contributed by atoms with Crippen molar-refractivity contribution in [1.82, 2.24) is 0 Å². The van der Waals surface area contributed by atoms with Gasteiger partial charge in [-0.15, -0.1) is 0 Å². The number of anilines is 1. The van der Waals surface area contributed by atoms with Crippen LogP contribution < -0.4 is 8.21 Å². The van der Waals surface area contributed by atoms with E-state index in [-0.39, 0.29) is 5.91 Å². The molecular formula is C19H23NO3SSn. The van der Waals surface area contributed by atoms with Crippen LogP contribution in [0, 0.1) is 0 Å². The van der Waals surface area contributed by atoms with Crippen molar-refractivity contribution in [1.29, 1.82) is 0 Å². The Morgan fingerprint density at radius 3 is 2.40 bits per heavy atom. The molecule has 132 valence electrons. The van der Waals surface area contributed by atoms with Gasteiger partial charge < -0.3 is 0 Å². The summed E-state index contributed by atoms with van der Waals surface area (Å²) in [5.41, 5.74) is 1.70. The minimum absolute atomic E-state index is 0.261. The molecule has 1 heterocycles. The van der Waals surface area contributed by atoms with E-state index in [4.69, 9.17) is 4.74 Å². The summed E-state index contributed by atoms with van der Waals surface area (Å²) in [6, 6.07) is 11.1. The van der Waals surface area contributed by atoms with E-state index in [9.17, 15) is 9.59 Å². The average molecular weight is 464 g/mol. The van der Waals surface area contributed by atoms with Crippen molar-refractivity contribution in [3.05, 3.63) is 52.9 Å². The van der Waals surface area contributed by atoms with Crippen LogP contribution >= 0.6 is 11.3 Å². The number of carbonyl (C=O) groups is 2. The molecule has 4 nitrogen and oxygen atoms in total. The zero-order valence-electron chi connectivity index (χ0n) is 15.2. The predicted octanol–water partition coefficient (Wildman–Crippen LogP) is 4.12. The fraction of sp³-hybridized carbons (Fsp3) is 0.263. The van der Waals surface area contributed by atoms with E-state index in [0.29, 0.717) is 11.3 Å². The fourth-order valence-electron chi connectivity index (χ4n) is 2.27. The molecule has 1 N–H and O–H groups in total. The Hall–Kier alpha value is -1.60. The van der Waals surface area contributed by atoms with Crippen LogP contribution in [0.25, 0.3) is 5.57 Å². The summed E-state index contributed by atoms with van der Waals surface area (Å²) in [5.74, 6) is -0.736. The van der Waals surface area contributed by atoms with E-state index in [1.807, 2.05) is 6.92 Å². The summed E-state index contributed by atoms with van der Waals surface area (Å²) in [6.45, 7) is 1.93. The number of allylic oxidation sites excluding steroid dienone is 1. The Morgan fingerprint density at radius 1 is 1.12 bits per heavy atom. The SMILES string of the molecule is COC(=O)c1ccccc1NC(=O)/C=C(\C)c1cc[c]([Sn]([CH3])([CH3])[CH3])s1. The number of amides is 1. The molecule has 0 saturated carbocycles. The Morgan fingerprint density at radius 2 is 1.80 bits per heavy atom. The van der Waals surface area contributed by atoms with Crippen LogP contribution in [-0.2, 0) is 9.53 Å². The van der Waals surface area contributed by atoms with E-state index < -0.39 is 24.3 Å². The second-order valence-corrected chi connectivity index (χ2v) is 23.3. The molecule has 0 bridgehead atoms. The zero-order chi connectivity index (χ0) is 18.6.